The summed E-state index contributed by atoms with van der Waals surface area (Å²) in [5, 5.41) is 12.9. The fraction of sp³-hybridized carbons (Fsp3) is 0.0909. The number of aliphatic hydroxyl groups excluding tert-OH is 1. The van der Waals surface area contributed by atoms with Crippen LogP contribution in [-0.2, 0) is 9.59 Å². The number of para-hydroxylation sites is 1. The number of rotatable bonds is 4. The number of carbonyl (C=O) groups excluding carboxylic acids is 2. The zero-order chi connectivity index (χ0) is 20.5. The molecule has 1 amide bonds. The van der Waals surface area contributed by atoms with E-state index in [2.05, 4.69) is 15.9 Å². The van der Waals surface area contributed by atoms with Gasteiger partial charge in [-0.3, -0.25) is 14.5 Å². The van der Waals surface area contributed by atoms with Crippen LogP contribution in [0, 0.1) is 0 Å². The molecule has 29 heavy (non-hydrogen) atoms. The highest BCUT2D eigenvalue weighted by molar-refractivity contribution is 9.10. The van der Waals surface area contributed by atoms with Crippen LogP contribution < -0.4 is 9.64 Å². The number of hydrogen-bond donors (Lipinski definition) is 1. The molecular formula is C22H16BrNO4S. The number of benzene rings is 2. The molecule has 1 atom stereocenters. The molecule has 2 aromatic carbocycles. The predicted octanol–water partition coefficient (Wildman–Crippen LogP) is 5.15. The molecule has 1 unspecified atom stereocenters. The van der Waals surface area contributed by atoms with Crippen molar-refractivity contribution in [2.45, 2.75) is 6.04 Å². The van der Waals surface area contributed by atoms with Gasteiger partial charge in [-0.1, -0.05) is 24.3 Å². The summed E-state index contributed by atoms with van der Waals surface area (Å²) in [6, 6.07) is 17.0. The van der Waals surface area contributed by atoms with Gasteiger partial charge in [-0.15, -0.1) is 11.3 Å². The van der Waals surface area contributed by atoms with Gasteiger partial charge >= 0.3 is 0 Å². The van der Waals surface area contributed by atoms with Crippen molar-refractivity contribution in [2.75, 3.05) is 12.0 Å². The Labute approximate surface area is 180 Å². The first-order valence-electron chi connectivity index (χ1n) is 8.76. The molecule has 5 nitrogen and oxygen atoms in total. The molecule has 1 N–H and O–H groups in total. The smallest absolute Gasteiger partial charge is 0.300 e. The highest BCUT2D eigenvalue weighted by atomic mass is 79.9. The molecule has 4 rings (SSSR count). The van der Waals surface area contributed by atoms with Gasteiger partial charge in [-0.05, 0) is 57.7 Å². The van der Waals surface area contributed by atoms with E-state index >= 15 is 0 Å². The number of amides is 1. The van der Waals surface area contributed by atoms with Crippen molar-refractivity contribution in [1.29, 1.82) is 0 Å². The van der Waals surface area contributed by atoms with Gasteiger partial charge in [0.05, 0.1) is 17.2 Å². The number of halogens is 1. The van der Waals surface area contributed by atoms with Gasteiger partial charge in [0.15, 0.2) is 0 Å². The first-order valence-corrected chi connectivity index (χ1v) is 10.4. The highest BCUT2D eigenvalue weighted by Crippen LogP contribution is 2.43. The fourth-order valence-corrected chi connectivity index (χ4v) is 4.74. The molecule has 1 saturated heterocycles. The maximum Gasteiger partial charge on any atom is 0.300 e. The van der Waals surface area contributed by atoms with Crippen LogP contribution in [0.15, 0.2) is 76.1 Å². The number of thiophene rings is 1. The van der Waals surface area contributed by atoms with E-state index in [0.717, 1.165) is 4.88 Å². The van der Waals surface area contributed by atoms with E-state index in [1.54, 1.807) is 49.6 Å². The fourth-order valence-electron chi connectivity index (χ4n) is 3.37. The van der Waals surface area contributed by atoms with Crippen molar-refractivity contribution in [3.05, 3.63) is 86.5 Å². The summed E-state index contributed by atoms with van der Waals surface area (Å²) in [5.74, 6) is -0.995. The molecule has 0 aliphatic carbocycles. The number of ether oxygens (including phenoxy) is 1. The van der Waals surface area contributed by atoms with Gasteiger partial charge in [-0.25, -0.2) is 0 Å². The Hall–Kier alpha value is -2.90. The number of carbonyl (C=O) groups is 2. The van der Waals surface area contributed by atoms with Crippen molar-refractivity contribution >= 4 is 50.4 Å². The molecule has 0 saturated carbocycles. The van der Waals surface area contributed by atoms with Crippen LogP contribution in [0.3, 0.4) is 0 Å². The quantitative estimate of drug-likeness (QED) is 0.326. The number of anilines is 1. The third-order valence-electron chi connectivity index (χ3n) is 4.72. The van der Waals surface area contributed by atoms with E-state index in [0.29, 0.717) is 21.5 Å². The monoisotopic (exact) mass is 469 g/mol. The molecule has 0 spiro atoms. The summed E-state index contributed by atoms with van der Waals surface area (Å²) in [6.45, 7) is 0. The molecule has 0 radical (unpaired) electrons. The summed E-state index contributed by atoms with van der Waals surface area (Å²) in [6.07, 6.45) is 0. The van der Waals surface area contributed by atoms with E-state index in [-0.39, 0.29) is 11.3 Å². The topological polar surface area (TPSA) is 66.8 Å². The van der Waals surface area contributed by atoms with Crippen LogP contribution in [-0.4, -0.2) is 23.9 Å². The van der Waals surface area contributed by atoms with Crippen molar-refractivity contribution in [1.82, 2.24) is 0 Å². The van der Waals surface area contributed by atoms with E-state index in [1.165, 1.54) is 16.2 Å². The van der Waals surface area contributed by atoms with Gasteiger partial charge in [-0.2, -0.15) is 0 Å². The zero-order valence-corrected chi connectivity index (χ0v) is 17.7. The lowest BCUT2D eigenvalue weighted by Crippen LogP contribution is -2.29. The van der Waals surface area contributed by atoms with Gasteiger partial charge < -0.3 is 9.84 Å². The minimum atomic E-state index is -0.711. The zero-order valence-electron chi connectivity index (χ0n) is 15.3. The Morgan fingerprint density at radius 1 is 1.10 bits per heavy atom. The van der Waals surface area contributed by atoms with Crippen LogP contribution in [0.5, 0.6) is 5.75 Å². The molecule has 7 heteroatoms. The van der Waals surface area contributed by atoms with Gasteiger partial charge in [0, 0.05) is 16.1 Å². The maximum absolute atomic E-state index is 13.0. The Balaban J connectivity index is 1.91. The second-order valence-corrected chi connectivity index (χ2v) is 8.20. The molecule has 2 heterocycles. The predicted molar refractivity (Wildman–Crippen MR) is 116 cm³/mol. The summed E-state index contributed by atoms with van der Waals surface area (Å²) < 4.78 is 5.86. The molecule has 146 valence electrons. The third kappa shape index (κ3) is 3.36. The third-order valence-corrected chi connectivity index (χ3v) is 6.26. The lowest BCUT2D eigenvalue weighted by atomic mass is 9.99. The number of methoxy groups -OCH3 is 1. The largest absolute Gasteiger partial charge is 0.507 e. The van der Waals surface area contributed by atoms with Crippen molar-refractivity contribution in [3.8, 4) is 5.75 Å². The minimum Gasteiger partial charge on any atom is -0.507 e. The Kier molecular flexibility index (Phi) is 5.25. The van der Waals surface area contributed by atoms with Crippen LogP contribution in [0.1, 0.15) is 16.5 Å². The number of aliphatic hydroxyl groups is 1. The van der Waals surface area contributed by atoms with E-state index in [9.17, 15) is 14.7 Å². The molecule has 1 aromatic heterocycles. The highest BCUT2D eigenvalue weighted by Gasteiger charge is 2.47. The molecule has 1 aliphatic heterocycles. The van der Waals surface area contributed by atoms with Gasteiger partial charge in [0.25, 0.3) is 11.7 Å². The normalized spacial score (nSPS) is 18.3. The van der Waals surface area contributed by atoms with Crippen LogP contribution in [0.2, 0.25) is 0 Å². The summed E-state index contributed by atoms with van der Waals surface area (Å²) in [4.78, 5) is 28.1. The average Bonchev–Trinajstić information content (AvgIpc) is 3.35. The Bertz CT molecular complexity index is 1110. The van der Waals surface area contributed by atoms with Gasteiger partial charge in [0.1, 0.15) is 17.6 Å². The summed E-state index contributed by atoms with van der Waals surface area (Å²) >= 11 is 4.82. The minimum absolute atomic E-state index is 0.0679. The number of nitrogens with zero attached hydrogens (tertiary/aromatic N) is 1. The molecule has 3 aromatic rings. The lowest BCUT2D eigenvalue weighted by molar-refractivity contribution is -0.132. The average molecular weight is 470 g/mol. The molecule has 1 aliphatic rings. The maximum atomic E-state index is 13.0. The molecule has 1 fully saturated rings. The summed E-state index contributed by atoms with van der Waals surface area (Å²) in [7, 11) is 1.54. The molecular weight excluding hydrogens is 454 g/mol. The van der Waals surface area contributed by atoms with E-state index in [4.69, 9.17) is 4.74 Å². The SMILES string of the molecule is COc1ccc(/C(O)=C2/C(=O)C(=O)N(c3ccccc3)C2c2cccs2)cc1Br. The van der Waals surface area contributed by atoms with Crippen molar-refractivity contribution in [3.63, 3.8) is 0 Å². The second-order valence-electron chi connectivity index (χ2n) is 6.37. The van der Waals surface area contributed by atoms with Gasteiger partial charge in [0.2, 0.25) is 0 Å². The second kappa shape index (κ2) is 7.85. The Morgan fingerprint density at radius 2 is 1.86 bits per heavy atom. The van der Waals surface area contributed by atoms with E-state index < -0.39 is 17.7 Å². The van der Waals surface area contributed by atoms with Crippen LogP contribution in [0.25, 0.3) is 5.76 Å². The Morgan fingerprint density at radius 3 is 2.48 bits per heavy atom. The molecule has 0 bridgehead atoms. The first kappa shape index (κ1) is 19.4. The van der Waals surface area contributed by atoms with Crippen LogP contribution in [0.4, 0.5) is 5.69 Å². The standard InChI is InChI=1S/C22H16BrNO4S/c1-28-16-10-9-13(12-15(16)23)20(25)18-19(17-8-5-11-29-17)24(22(27)21(18)26)14-6-3-2-4-7-14/h2-12,19,25H,1H3/b20-18-. The number of hydrogen-bond acceptors (Lipinski definition) is 5. The number of Topliss-reactive ketones (excluding diaryl/α,β-unsaturated/α-hetero) is 1. The van der Waals surface area contributed by atoms with Crippen molar-refractivity contribution < 1.29 is 19.4 Å². The van der Waals surface area contributed by atoms with Crippen molar-refractivity contribution in [2.24, 2.45) is 0 Å². The van der Waals surface area contributed by atoms with E-state index in [1.807, 2.05) is 23.6 Å². The summed E-state index contributed by atoms with van der Waals surface area (Å²) in [5.41, 5.74) is 1.09. The number of ketones is 1. The van der Waals surface area contributed by atoms with Crippen LogP contribution >= 0.6 is 27.3 Å². The first-order chi connectivity index (χ1) is 14.0. The lowest BCUT2D eigenvalue weighted by Gasteiger charge is -2.24.